The molecule has 1 spiro atoms. The number of nitrogens with one attached hydrogen (secondary N) is 2. The van der Waals surface area contributed by atoms with Crippen molar-refractivity contribution in [2.75, 3.05) is 26.2 Å². The average molecular weight is 404 g/mol. The molecule has 2 aliphatic heterocycles. The first-order chi connectivity index (χ1) is 13.1. The monoisotopic (exact) mass is 404 g/mol. The molecule has 3 aliphatic rings. The summed E-state index contributed by atoms with van der Waals surface area (Å²) in [7, 11) is 0. The highest BCUT2D eigenvalue weighted by Gasteiger charge is 2.52. The van der Waals surface area contributed by atoms with Crippen molar-refractivity contribution in [3.63, 3.8) is 0 Å². The van der Waals surface area contributed by atoms with Crippen molar-refractivity contribution >= 4 is 23.8 Å². The first-order valence-corrected chi connectivity index (χ1v) is 9.38. The lowest BCUT2D eigenvalue weighted by molar-refractivity contribution is -0.157. The molecule has 0 aromatic carbocycles. The van der Waals surface area contributed by atoms with Crippen LogP contribution in [0.3, 0.4) is 0 Å². The maximum Gasteiger partial charge on any atom is 0.406 e. The third kappa shape index (κ3) is 4.22. The van der Waals surface area contributed by atoms with E-state index in [0.29, 0.717) is 24.2 Å². The molecule has 1 aliphatic carbocycles. The Morgan fingerprint density at radius 3 is 2.54 bits per heavy atom. The van der Waals surface area contributed by atoms with Gasteiger partial charge in [0.05, 0.1) is 5.92 Å². The lowest BCUT2D eigenvalue weighted by Crippen LogP contribution is -2.44. The van der Waals surface area contributed by atoms with Crippen molar-refractivity contribution in [1.82, 2.24) is 20.4 Å². The summed E-state index contributed by atoms with van der Waals surface area (Å²) in [5, 5.41) is 5.34. The SMILES string of the molecule is O=C(NCCCN1C(=O)NC2(CCCC2)C1=O)[C@@H]1CC(=O)N(CC(F)(F)F)C1. The number of amides is 5. The van der Waals surface area contributed by atoms with Gasteiger partial charge in [-0.05, 0) is 19.3 Å². The van der Waals surface area contributed by atoms with Gasteiger partial charge in [0.2, 0.25) is 11.8 Å². The van der Waals surface area contributed by atoms with Crippen LogP contribution in [-0.2, 0) is 14.4 Å². The van der Waals surface area contributed by atoms with Crippen LogP contribution < -0.4 is 10.6 Å². The van der Waals surface area contributed by atoms with Gasteiger partial charge < -0.3 is 15.5 Å². The van der Waals surface area contributed by atoms with Crippen molar-refractivity contribution in [3.05, 3.63) is 0 Å². The van der Waals surface area contributed by atoms with Gasteiger partial charge in [-0.25, -0.2) is 4.79 Å². The molecule has 11 heteroatoms. The minimum Gasteiger partial charge on any atom is -0.356 e. The smallest absolute Gasteiger partial charge is 0.356 e. The van der Waals surface area contributed by atoms with Crippen LogP contribution in [0.2, 0.25) is 0 Å². The summed E-state index contributed by atoms with van der Waals surface area (Å²) in [6.07, 6.45) is -1.38. The molecule has 28 heavy (non-hydrogen) atoms. The molecule has 1 atom stereocenters. The predicted molar refractivity (Wildman–Crippen MR) is 89.8 cm³/mol. The van der Waals surface area contributed by atoms with Gasteiger partial charge in [0, 0.05) is 26.1 Å². The zero-order chi connectivity index (χ0) is 20.5. The van der Waals surface area contributed by atoms with Crippen LogP contribution in [-0.4, -0.2) is 71.4 Å². The Labute approximate surface area is 159 Å². The lowest BCUT2D eigenvalue weighted by Gasteiger charge is -2.20. The van der Waals surface area contributed by atoms with E-state index in [1.165, 1.54) is 0 Å². The lowest BCUT2D eigenvalue weighted by atomic mass is 9.98. The van der Waals surface area contributed by atoms with E-state index < -0.39 is 42.0 Å². The highest BCUT2D eigenvalue weighted by molar-refractivity contribution is 6.07. The van der Waals surface area contributed by atoms with Crippen molar-refractivity contribution in [2.24, 2.45) is 5.92 Å². The maximum atomic E-state index is 12.5. The van der Waals surface area contributed by atoms with Crippen LogP contribution in [0, 0.1) is 5.92 Å². The highest BCUT2D eigenvalue weighted by atomic mass is 19.4. The van der Waals surface area contributed by atoms with Gasteiger partial charge in [0.15, 0.2) is 0 Å². The van der Waals surface area contributed by atoms with Crippen LogP contribution in [0.15, 0.2) is 0 Å². The molecule has 0 aromatic rings. The second-order valence-corrected chi connectivity index (χ2v) is 7.61. The molecule has 0 bridgehead atoms. The number of carbonyl (C=O) groups excluding carboxylic acids is 4. The molecule has 2 saturated heterocycles. The molecule has 1 saturated carbocycles. The third-order valence-electron chi connectivity index (χ3n) is 5.52. The third-order valence-corrected chi connectivity index (χ3v) is 5.52. The number of alkyl halides is 3. The van der Waals surface area contributed by atoms with E-state index >= 15 is 0 Å². The van der Waals surface area contributed by atoms with E-state index in [9.17, 15) is 32.3 Å². The number of carbonyl (C=O) groups is 4. The molecular weight excluding hydrogens is 381 g/mol. The first-order valence-electron chi connectivity index (χ1n) is 9.38. The zero-order valence-electron chi connectivity index (χ0n) is 15.3. The summed E-state index contributed by atoms with van der Waals surface area (Å²) in [5.41, 5.74) is -0.771. The number of imide groups is 1. The number of nitrogens with zero attached hydrogens (tertiary/aromatic N) is 2. The molecule has 3 rings (SSSR count). The molecule has 8 nitrogen and oxygen atoms in total. The van der Waals surface area contributed by atoms with Crippen molar-refractivity contribution in [3.8, 4) is 0 Å². The summed E-state index contributed by atoms with van der Waals surface area (Å²) >= 11 is 0. The fraction of sp³-hybridized carbons (Fsp3) is 0.765. The Morgan fingerprint density at radius 1 is 1.21 bits per heavy atom. The second-order valence-electron chi connectivity index (χ2n) is 7.61. The van der Waals surface area contributed by atoms with Crippen LogP contribution in [0.4, 0.5) is 18.0 Å². The van der Waals surface area contributed by atoms with E-state index in [4.69, 9.17) is 0 Å². The second kappa shape index (κ2) is 7.59. The fourth-order valence-corrected chi connectivity index (χ4v) is 4.11. The van der Waals surface area contributed by atoms with Gasteiger partial charge in [0.25, 0.3) is 5.91 Å². The molecule has 0 radical (unpaired) electrons. The molecular formula is C17H23F3N4O4. The van der Waals surface area contributed by atoms with Gasteiger partial charge in [-0.1, -0.05) is 12.8 Å². The Balaban J connectivity index is 1.41. The molecule has 2 N–H and O–H groups in total. The van der Waals surface area contributed by atoms with Crippen molar-refractivity contribution in [1.29, 1.82) is 0 Å². The van der Waals surface area contributed by atoms with Crippen molar-refractivity contribution in [2.45, 2.75) is 50.2 Å². The Morgan fingerprint density at radius 2 is 1.89 bits per heavy atom. The maximum absolute atomic E-state index is 12.5. The molecule has 3 fully saturated rings. The van der Waals surface area contributed by atoms with E-state index in [0.717, 1.165) is 17.7 Å². The minimum atomic E-state index is -4.50. The molecule has 0 unspecified atom stereocenters. The zero-order valence-corrected chi connectivity index (χ0v) is 15.3. The number of urea groups is 1. The van der Waals surface area contributed by atoms with Gasteiger partial charge in [-0.2, -0.15) is 13.2 Å². The standard InChI is InChI=1S/C17H23F3N4O4/c18-17(19,20)10-23-9-11(8-12(23)25)13(26)21-6-3-7-24-14(27)16(22-15(24)28)4-1-2-5-16/h11H,1-10H2,(H,21,26)(H,22,28)/t11-/m1/s1. The summed E-state index contributed by atoms with van der Waals surface area (Å²) < 4.78 is 37.3. The molecule has 5 amide bonds. The Hall–Kier alpha value is -2.33. The quantitative estimate of drug-likeness (QED) is 0.505. The summed E-state index contributed by atoms with van der Waals surface area (Å²) in [6.45, 7) is -1.31. The van der Waals surface area contributed by atoms with Crippen molar-refractivity contribution < 1.29 is 32.3 Å². The largest absolute Gasteiger partial charge is 0.406 e. The van der Waals surface area contributed by atoms with Gasteiger partial charge >= 0.3 is 12.2 Å². The minimum absolute atomic E-state index is 0.149. The number of halogens is 3. The predicted octanol–water partition coefficient (Wildman–Crippen LogP) is 0.768. The summed E-state index contributed by atoms with van der Waals surface area (Å²) in [6, 6.07) is -0.428. The number of rotatable bonds is 6. The van der Waals surface area contributed by atoms with Gasteiger partial charge in [-0.3, -0.25) is 19.3 Å². The number of likely N-dealkylation sites (tertiary alicyclic amines) is 1. The van der Waals surface area contributed by atoms with E-state index in [2.05, 4.69) is 10.6 Å². The van der Waals surface area contributed by atoms with E-state index in [1.54, 1.807) is 0 Å². The normalized spacial score (nSPS) is 24.4. The highest BCUT2D eigenvalue weighted by Crippen LogP contribution is 2.35. The van der Waals surface area contributed by atoms with Crippen LogP contribution in [0.1, 0.15) is 38.5 Å². The fourth-order valence-electron chi connectivity index (χ4n) is 4.11. The summed E-state index contributed by atoms with van der Waals surface area (Å²) in [4.78, 5) is 50.0. The molecule has 0 aromatic heterocycles. The number of hydrogen-bond donors (Lipinski definition) is 2. The summed E-state index contributed by atoms with van der Waals surface area (Å²) in [5.74, 6) is -2.25. The van der Waals surface area contributed by atoms with E-state index in [-0.39, 0.29) is 32.0 Å². The molecule has 2 heterocycles. The van der Waals surface area contributed by atoms with Crippen LogP contribution in [0.25, 0.3) is 0 Å². The Bertz CT molecular complexity index is 676. The van der Waals surface area contributed by atoms with Crippen LogP contribution in [0.5, 0.6) is 0 Å². The molecule has 156 valence electrons. The number of hydrogen-bond acceptors (Lipinski definition) is 4. The first kappa shape index (κ1) is 20.4. The topological polar surface area (TPSA) is 98.8 Å². The van der Waals surface area contributed by atoms with E-state index in [1.807, 2.05) is 0 Å². The van der Waals surface area contributed by atoms with Gasteiger partial charge in [-0.15, -0.1) is 0 Å². The Kier molecular flexibility index (Phi) is 5.53. The van der Waals surface area contributed by atoms with Gasteiger partial charge in [0.1, 0.15) is 12.1 Å². The van der Waals surface area contributed by atoms with Crippen LogP contribution >= 0.6 is 0 Å². The average Bonchev–Trinajstić information content (AvgIpc) is 3.26.